The lowest BCUT2D eigenvalue weighted by Crippen LogP contribution is -2.44. The van der Waals surface area contributed by atoms with Crippen LogP contribution in [-0.4, -0.2) is 70.2 Å². The topological polar surface area (TPSA) is 76.6 Å². The van der Waals surface area contributed by atoms with E-state index in [0.717, 1.165) is 30.0 Å². The molecule has 0 aliphatic carbocycles. The van der Waals surface area contributed by atoms with Gasteiger partial charge in [0.1, 0.15) is 5.76 Å². The van der Waals surface area contributed by atoms with E-state index >= 15 is 0 Å². The number of hydrogen-bond acceptors (Lipinski definition) is 7. The van der Waals surface area contributed by atoms with E-state index in [2.05, 4.69) is 33.5 Å². The fourth-order valence-corrected chi connectivity index (χ4v) is 5.30. The number of carbonyl (C=O) groups excluding carboxylic acids is 1. The fraction of sp³-hybridized carbons (Fsp3) is 0.667. The molecule has 0 radical (unpaired) electrons. The highest BCUT2D eigenvalue weighted by Gasteiger charge is 2.29. The average molecular weight is 434 g/mol. The highest BCUT2D eigenvalue weighted by atomic mass is 32.2. The van der Waals surface area contributed by atoms with Crippen LogP contribution >= 0.6 is 11.8 Å². The van der Waals surface area contributed by atoms with E-state index in [-0.39, 0.29) is 11.2 Å². The van der Waals surface area contributed by atoms with Gasteiger partial charge in [0.25, 0.3) is 0 Å². The lowest BCUT2D eigenvalue weighted by Gasteiger charge is -2.35. The molecule has 8 nitrogen and oxygen atoms in total. The highest BCUT2D eigenvalue weighted by molar-refractivity contribution is 8.00. The number of amides is 1. The summed E-state index contributed by atoms with van der Waals surface area (Å²) < 4.78 is 13.1. The number of rotatable bonds is 6. The zero-order valence-corrected chi connectivity index (χ0v) is 18.8. The monoisotopic (exact) mass is 433 g/mol. The normalized spacial score (nSPS) is 23.6. The third-order valence-corrected chi connectivity index (χ3v) is 6.76. The molecule has 3 atom stereocenters. The number of hydrogen-bond donors (Lipinski definition) is 0. The predicted octanol–water partition coefficient (Wildman–Crippen LogP) is 2.74. The number of nitrogens with zero attached hydrogens (tertiary/aromatic N) is 5. The molecule has 0 spiro atoms. The van der Waals surface area contributed by atoms with Gasteiger partial charge in [-0.05, 0) is 37.3 Å². The lowest BCUT2D eigenvalue weighted by molar-refractivity contribution is -0.134. The standard InChI is InChI=1S/C21H31N5O3S/c1-15-11-16(2)13-25(12-15)20-22-23-21(26(20)14-18-5-4-8-29-18)30-17(3)19(27)24-6-9-28-10-7-24/h4-5,8,15-17H,6-7,9-14H2,1-3H3. The molecule has 2 aromatic rings. The van der Waals surface area contributed by atoms with Gasteiger partial charge in [-0.15, -0.1) is 10.2 Å². The Morgan fingerprint density at radius 3 is 2.63 bits per heavy atom. The summed E-state index contributed by atoms with van der Waals surface area (Å²) >= 11 is 1.47. The molecule has 0 aromatic carbocycles. The van der Waals surface area contributed by atoms with E-state index in [1.54, 1.807) is 6.26 Å². The summed E-state index contributed by atoms with van der Waals surface area (Å²) in [5.41, 5.74) is 0. The predicted molar refractivity (Wildman–Crippen MR) is 116 cm³/mol. The second-order valence-electron chi connectivity index (χ2n) is 8.50. The minimum absolute atomic E-state index is 0.123. The third-order valence-electron chi connectivity index (χ3n) is 5.70. The molecule has 2 saturated heterocycles. The molecule has 4 heterocycles. The van der Waals surface area contributed by atoms with Crippen molar-refractivity contribution in [2.24, 2.45) is 11.8 Å². The Morgan fingerprint density at radius 2 is 1.97 bits per heavy atom. The Balaban J connectivity index is 1.55. The number of furan rings is 1. The summed E-state index contributed by atoms with van der Waals surface area (Å²) in [7, 11) is 0. The van der Waals surface area contributed by atoms with Crippen LogP contribution in [0.25, 0.3) is 0 Å². The molecule has 0 bridgehead atoms. The smallest absolute Gasteiger partial charge is 0.236 e. The Labute approximate surface area is 181 Å². The third kappa shape index (κ3) is 4.83. The van der Waals surface area contributed by atoms with Gasteiger partial charge in [-0.2, -0.15) is 0 Å². The summed E-state index contributed by atoms with van der Waals surface area (Å²) in [5, 5.41) is 9.54. The number of aromatic nitrogens is 3. The van der Waals surface area contributed by atoms with Crippen molar-refractivity contribution in [1.82, 2.24) is 19.7 Å². The van der Waals surface area contributed by atoms with Crippen LogP contribution in [-0.2, 0) is 16.1 Å². The van der Waals surface area contributed by atoms with Crippen LogP contribution in [0.15, 0.2) is 28.0 Å². The Kier molecular flexibility index (Phi) is 6.67. The van der Waals surface area contributed by atoms with Crippen molar-refractivity contribution < 1.29 is 13.9 Å². The van der Waals surface area contributed by atoms with Crippen molar-refractivity contribution in [3.63, 3.8) is 0 Å². The molecule has 1 amide bonds. The zero-order chi connectivity index (χ0) is 21.1. The molecule has 0 N–H and O–H groups in total. The van der Waals surface area contributed by atoms with Gasteiger partial charge in [-0.3, -0.25) is 9.36 Å². The molecular weight excluding hydrogens is 402 g/mol. The van der Waals surface area contributed by atoms with Crippen LogP contribution in [0, 0.1) is 11.8 Å². The molecule has 2 aliphatic rings. The van der Waals surface area contributed by atoms with Crippen LogP contribution in [0.2, 0.25) is 0 Å². The first-order chi connectivity index (χ1) is 14.5. The Hall–Kier alpha value is -2.00. The molecule has 30 heavy (non-hydrogen) atoms. The zero-order valence-electron chi connectivity index (χ0n) is 18.0. The van der Waals surface area contributed by atoms with Crippen molar-refractivity contribution in [2.75, 3.05) is 44.3 Å². The van der Waals surface area contributed by atoms with Gasteiger partial charge in [0.05, 0.1) is 31.3 Å². The fourth-order valence-electron chi connectivity index (χ4n) is 4.37. The summed E-state index contributed by atoms with van der Waals surface area (Å²) in [6.45, 7) is 11.5. The van der Waals surface area contributed by atoms with Gasteiger partial charge in [0, 0.05) is 26.2 Å². The van der Waals surface area contributed by atoms with E-state index in [9.17, 15) is 4.79 Å². The maximum atomic E-state index is 12.9. The molecule has 0 saturated carbocycles. The van der Waals surface area contributed by atoms with Crippen LogP contribution in [0.4, 0.5) is 5.95 Å². The molecule has 164 valence electrons. The summed E-state index contributed by atoms with van der Waals surface area (Å²) in [6.07, 6.45) is 2.91. The van der Waals surface area contributed by atoms with Crippen molar-refractivity contribution >= 4 is 23.6 Å². The van der Waals surface area contributed by atoms with Gasteiger partial charge >= 0.3 is 0 Å². The molecule has 3 unspecified atom stereocenters. The Morgan fingerprint density at radius 1 is 1.23 bits per heavy atom. The van der Waals surface area contributed by atoms with Crippen molar-refractivity contribution in [1.29, 1.82) is 0 Å². The quantitative estimate of drug-likeness (QED) is 0.648. The van der Waals surface area contributed by atoms with Crippen LogP contribution in [0.1, 0.15) is 33.0 Å². The van der Waals surface area contributed by atoms with Gasteiger partial charge < -0.3 is 19.0 Å². The van der Waals surface area contributed by atoms with Crippen LogP contribution < -0.4 is 4.90 Å². The molecule has 4 rings (SSSR count). The van der Waals surface area contributed by atoms with Crippen molar-refractivity contribution in [3.8, 4) is 0 Å². The number of morpholine rings is 1. The minimum Gasteiger partial charge on any atom is -0.467 e. The summed E-state index contributed by atoms with van der Waals surface area (Å²) in [5.74, 6) is 3.06. The van der Waals surface area contributed by atoms with E-state index in [4.69, 9.17) is 9.15 Å². The summed E-state index contributed by atoms with van der Waals surface area (Å²) in [4.78, 5) is 17.1. The minimum atomic E-state index is -0.241. The van der Waals surface area contributed by atoms with Gasteiger partial charge in [-0.1, -0.05) is 25.6 Å². The second-order valence-corrected chi connectivity index (χ2v) is 9.80. The van der Waals surface area contributed by atoms with Gasteiger partial charge in [0.15, 0.2) is 5.16 Å². The van der Waals surface area contributed by atoms with Gasteiger partial charge in [0.2, 0.25) is 11.9 Å². The SMILES string of the molecule is CC1CC(C)CN(c2nnc(SC(C)C(=O)N3CCOCC3)n2Cc2ccco2)C1. The van der Waals surface area contributed by atoms with Crippen molar-refractivity contribution in [3.05, 3.63) is 24.2 Å². The van der Waals surface area contributed by atoms with Gasteiger partial charge in [-0.25, -0.2) is 0 Å². The number of anilines is 1. The molecule has 2 aromatic heterocycles. The average Bonchev–Trinajstić information content (AvgIpc) is 3.38. The van der Waals surface area contributed by atoms with Crippen molar-refractivity contribution in [2.45, 2.75) is 44.1 Å². The maximum absolute atomic E-state index is 12.9. The Bertz CT molecular complexity index is 824. The first-order valence-corrected chi connectivity index (χ1v) is 11.6. The van der Waals surface area contributed by atoms with E-state index in [1.165, 1.54) is 18.2 Å². The van der Waals surface area contributed by atoms with Crippen LogP contribution in [0.3, 0.4) is 0 Å². The molecule has 2 aliphatic heterocycles. The first-order valence-electron chi connectivity index (χ1n) is 10.7. The summed E-state index contributed by atoms with van der Waals surface area (Å²) in [6, 6.07) is 3.85. The van der Waals surface area contributed by atoms with E-state index < -0.39 is 0 Å². The largest absolute Gasteiger partial charge is 0.467 e. The number of piperidine rings is 1. The first kappa shape index (κ1) is 21.2. The van der Waals surface area contributed by atoms with E-state index in [0.29, 0.717) is 44.7 Å². The number of carbonyl (C=O) groups is 1. The number of ether oxygens (including phenoxy) is 1. The lowest BCUT2D eigenvalue weighted by atomic mass is 9.92. The molecule has 2 fully saturated rings. The molecular formula is C21H31N5O3S. The second kappa shape index (κ2) is 9.43. The number of thioether (sulfide) groups is 1. The highest BCUT2D eigenvalue weighted by Crippen LogP contribution is 2.31. The van der Waals surface area contributed by atoms with Crippen LogP contribution in [0.5, 0.6) is 0 Å². The maximum Gasteiger partial charge on any atom is 0.236 e. The molecule has 9 heteroatoms. The van der Waals surface area contributed by atoms with E-state index in [1.807, 2.05) is 24.0 Å².